The minimum atomic E-state index is 0. The first-order valence-corrected chi connectivity index (χ1v) is 10.3. The number of nitrogens with one attached hydrogen (secondary N) is 1. The van der Waals surface area contributed by atoms with Crippen LogP contribution in [0.1, 0.15) is 42.6 Å². The van der Waals surface area contributed by atoms with Crippen molar-refractivity contribution in [3.63, 3.8) is 0 Å². The van der Waals surface area contributed by atoms with Gasteiger partial charge in [0.2, 0.25) is 0 Å². The molecule has 0 spiro atoms. The topological polar surface area (TPSA) is 38.8 Å². The molecular weight excluding hydrogens is 395 g/mol. The van der Waals surface area contributed by atoms with Crippen LogP contribution in [0.25, 0.3) is 0 Å². The molecule has 1 amide bonds. The van der Waals surface area contributed by atoms with Gasteiger partial charge in [-0.05, 0) is 43.6 Å². The van der Waals surface area contributed by atoms with Gasteiger partial charge in [0.1, 0.15) is 0 Å². The van der Waals surface area contributed by atoms with Crippen molar-refractivity contribution in [2.24, 2.45) is 0 Å². The third-order valence-electron chi connectivity index (χ3n) is 5.71. The fourth-order valence-corrected chi connectivity index (χ4v) is 4.13. The molecule has 5 nitrogen and oxygen atoms in total. The molecule has 0 saturated carbocycles. The summed E-state index contributed by atoms with van der Waals surface area (Å²) >= 11 is 0. The van der Waals surface area contributed by atoms with Crippen molar-refractivity contribution in [1.29, 1.82) is 0 Å². The smallest absolute Gasteiger partial charge is 0.253 e. The van der Waals surface area contributed by atoms with Crippen molar-refractivity contribution in [2.75, 3.05) is 52.4 Å². The summed E-state index contributed by atoms with van der Waals surface area (Å²) < 4.78 is 0. The molecule has 1 unspecified atom stereocenters. The monoisotopic (exact) mass is 430 g/mol. The van der Waals surface area contributed by atoms with Crippen LogP contribution in [-0.4, -0.2) is 79.0 Å². The van der Waals surface area contributed by atoms with E-state index in [1.54, 1.807) is 0 Å². The number of amides is 1. The average Bonchev–Trinajstić information content (AvgIpc) is 3.18. The first-order chi connectivity index (χ1) is 12.7. The van der Waals surface area contributed by atoms with Crippen molar-refractivity contribution in [1.82, 2.24) is 20.0 Å². The Labute approximate surface area is 182 Å². The lowest BCUT2D eigenvalue weighted by Crippen LogP contribution is -2.49. The number of carbonyl (C=O) groups is 1. The standard InChI is InChI=1S/C21H34N4O.2ClH/c1-3-12-23(4-2)16-18-5-7-19(8-6-18)21(26)25-13-9-20(17-25)24-14-10-22-11-15-24;;/h5-8,20,22H,3-4,9-17H2,1-2H3;2*1H. The first kappa shape index (κ1) is 25.2. The Kier molecular flexibility index (Phi) is 11.4. The Morgan fingerprint density at radius 3 is 2.39 bits per heavy atom. The highest BCUT2D eigenvalue weighted by Crippen LogP contribution is 2.19. The van der Waals surface area contributed by atoms with Crippen LogP contribution < -0.4 is 5.32 Å². The second-order valence-electron chi connectivity index (χ2n) is 7.55. The van der Waals surface area contributed by atoms with Gasteiger partial charge in [-0.15, -0.1) is 24.8 Å². The molecule has 0 radical (unpaired) electrons. The molecule has 2 heterocycles. The van der Waals surface area contributed by atoms with Gasteiger partial charge in [0.15, 0.2) is 0 Å². The number of carbonyl (C=O) groups excluding carboxylic acids is 1. The Morgan fingerprint density at radius 2 is 1.79 bits per heavy atom. The lowest BCUT2D eigenvalue weighted by Gasteiger charge is -2.32. The quantitative estimate of drug-likeness (QED) is 0.721. The van der Waals surface area contributed by atoms with Gasteiger partial charge in [-0.1, -0.05) is 26.0 Å². The lowest BCUT2D eigenvalue weighted by atomic mass is 10.1. The van der Waals surface area contributed by atoms with Crippen LogP contribution >= 0.6 is 24.8 Å². The van der Waals surface area contributed by atoms with E-state index in [9.17, 15) is 4.79 Å². The molecule has 1 aromatic carbocycles. The molecule has 28 heavy (non-hydrogen) atoms. The summed E-state index contributed by atoms with van der Waals surface area (Å²) in [6.07, 6.45) is 2.28. The zero-order valence-electron chi connectivity index (χ0n) is 17.2. The molecule has 7 heteroatoms. The first-order valence-electron chi connectivity index (χ1n) is 10.3. The van der Waals surface area contributed by atoms with Crippen molar-refractivity contribution in [2.45, 2.75) is 39.3 Å². The van der Waals surface area contributed by atoms with Gasteiger partial charge in [-0.2, -0.15) is 0 Å². The van der Waals surface area contributed by atoms with Gasteiger partial charge in [0.05, 0.1) is 0 Å². The highest BCUT2D eigenvalue weighted by molar-refractivity contribution is 5.94. The van der Waals surface area contributed by atoms with Gasteiger partial charge in [0, 0.05) is 57.4 Å². The normalized spacial score (nSPS) is 20.0. The number of benzene rings is 1. The molecule has 1 aromatic rings. The zero-order chi connectivity index (χ0) is 18.4. The largest absolute Gasteiger partial charge is 0.337 e. The van der Waals surface area contributed by atoms with Crippen LogP contribution in [0.15, 0.2) is 24.3 Å². The molecular formula is C21H36Cl2N4O. The van der Waals surface area contributed by atoms with E-state index >= 15 is 0 Å². The maximum absolute atomic E-state index is 12.9. The van der Waals surface area contributed by atoms with Crippen molar-refractivity contribution >= 4 is 30.7 Å². The molecule has 160 valence electrons. The number of hydrogen-bond acceptors (Lipinski definition) is 4. The number of rotatable bonds is 7. The van der Waals surface area contributed by atoms with Gasteiger partial charge in [-0.25, -0.2) is 0 Å². The molecule has 1 atom stereocenters. The molecule has 0 bridgehead atoms. The summed E-state index contributed by atoms with van der Waals surface area (Å²) in [5.74, 6) is 0.190. The minimum absolute atomic E-state index is 0. The number of hydrogen-bond donors (Lipinski definition) is 1. The van der Waals surface area contributed by atoms with E-state index < -0.39 is 0 Å². The average molecular weight is 431 g/mol. The van der Waals surface area contributed by atoms with Crippen LogP contribution in [0.5, 0.6) is 0 Å². The second-order valence-corrected chi connectivity index (χ2v) is 7.55. The van der Waals surface area contributed by atoms with Gasteiger partial charge in [0.25, 0.3) is 5.91 Å². The van der Waals surface area contributed by atoms with Crippen LogP contribution in [0.2, 0.25) is 0 Å². The molecule has 2 saturated heterocycles. The van der Waals surface area contributed by atoms with E-state index in [2.05, 4.69) is 41.1 Å². The lowest BCUT2D eigenvalue weighted by molar-refractivity contribution is 0.0773. The van der Waals surface area contributed by atoms with Crippen molar-refractivity contribution in [3.8, 4) is 0 Å². The highest BCUT2D eigenvalue weighted by Gasteiger charge is 2.31. The van der Waals surface area contributed by atoms with Crippen molar-refractivity contribution in [3.05, 3.63) is 35.4 Å². The SMILES string of the molecule is CCCN(CC)Cc1ccc(C(=O)N2CCC(N3CCNCC3)C2)cc1.Cl.Cl. The number of nitrogens with zero attached hydrogens (tertiary/aromatic N) is 3. The predicted octanol–water partition coefficient (Wildman–Crippen LogP) is 2.88. The van der Waals surface area contributed by atoms with E-state index in [1.165, 1.54) is 12.0 Å². The van der Waals surface area contributed by atoms with Gasteiger partial charge < -0.3 is 10.2 Å². The third-order valence-corrected chi connectivity index (χ3v) is 5.71. The Balaban J connectivity index is 0.00000196. The Morgan fingerprint density at radius 1 is 1.11 bits per heavy atom. The van der Waals surface area contributed by atoms with Crippen molar-refractivity contribution < 1.29 is 4.79 Å². The maximum Gasteiger partial charge on any atom is 0.253 e. The van der Waals surface area contributed by atoms with Crippen LogP contribution in [0.3, 0.4) is 0 Å². The summed E-state index contributed by atoms with van der Waals surface area (Å²) in [5, 5.41) is 3.40. The summed E-state index contributed by atoms with van der Waals surface area (Å²) in [6.45, 7) is 13.7. The number of halogens is 2. The fourth-order valence-electron chi connectivity index (χ4n) is 4.13. The molecule has 0 aliphatic carbocycles. The van der Waals surface area contributed by atoms with E-state index in [-0.39, 0.29) is 30.7 Å². The molecule has 2 fully saturated rings. The van der Waals surface area contributed by atoms with E-state index in [4.69, 9.17) is 0 Å². The Bertz CT molecular complexity index is 578. The highest BCUT2D eigenvalue weighted by atomic mass is 35.5. The van der Waals surface area contributed by atoms with Crippen LogP contribution in [0.4, 0.5) is 0 Å². The minimum Gasteiger partial charge on any atom is -0.337 e. The Hall–Kier alpha value is -0.850. The second kappa shape index (κ2) is 12.7. The fraction of sp³-hybridized carbons (Fsp3) is 0.667. The van der Waals surface area contributed by atoms with Crippen LogP contribution in [0, 0.1) is 0 Å². The molecule has 1 N–H and O–H groups in total. The zero-order valence-corrected chi connectivity index (χ0v) is 18.9. The summed E-state index contributed by atoms with van der Waals surface area (Å²) in [6, 6.07) is 8.79. The predicted molar refractivity (Wildman–Crippen MR) is 121 cm³/mol. The maximum atomic E-state index is 12.9. The summed E-state index contributed by atoms with van der Waals surface area (Å²) in [5.41, 5.74) is 2.12. The third kappa shape index (κ3) is 6.60. The molecule has 3 rings (SSSR count). The number of piperazine rings is 1. The van der Waals surface area contributed by atoms with E-state index in [0.29, 0.717) is 6.04 Å². The summed E-state index contributed by atoms with van der Waals surface area (Å²) in [7, 11) is 0. The van der Waals surface area contributed by atoms with Gasteiger partial charge in [-0.3, -0.25) is 14.6 Å². The number of likely N-dealkylation sites (tertiary alicyclic amines) is 1. The molecule has 2 aliphatic rings. The van der Waals surface area contributed by atoms with E-state index in [1.807, 2.05) is 17.0 Å². The summed E-state index contributed by atoms with van der Waals surface area (Å²) in [4.78, 5) is 19.9. The van der Waals surface area contributed by atoms with Gasteiger partial charge >= 0.3 is 0 Å². The molecule has 0 aromatic heterocycles. The molecule has 2 aliphatic heterocycles. The van der Waals surface area contributed by atoms with E-state index in [0.717, 1.165) is 70.9 Å². The van der Waals surface area contributed by atoms with Crippen LogP contribution in [-0.2, 0) is 6.54 Å².